The fraction of sp³-hybridized carbons (Fsp3) is 0.800. The van der Waals surface area contributed by atoms with Crippen molar-refractivity contribution in [2.75, 3.05) is 26.7 Å². The summed E-state index contributed by atoms with van der Waals surface area (Å²) >= 11 is 0. The lowest BCUT2D eigenvalue weighted by molar-refractivity contribution is -0.145. The Hall–Kier alpha value is -1.10. The molecule has 5 nitrogen and oxygen atoms in total. The van der Waals surface area contributed by atoms with Crippen LogP contribution in [0.5, 0.6) is 0 Å². The zero-order valence-electron chi connectivity index (χ0n) is 9.10. The average molecular weight is 215 g/mol. The number of esters is 1. The normalized spacial score (nSPS) is 23.7. The molecule has 15 heavy (non-hydrogen) atoms. The number of likely N-dealkylation sites (tertiary alicyclic amines) is 1. The summed E-state index contributed by atoms with van der Waals surface area (Å²) in [6, 6.07) is 0. The number of carbonyl (C=O) groups excluding carboxylic acids is 1. The Morgan fingerprint density at radius 3 is 2.73 bits per heavy atom. The lowest BCUT2D eigenvalue weighted by atomic mass is 10.1. The third-order valence-corrected chi connectivity index (χ3v) is 2.76. The molecule has 2 atom stereocenters. The average Bonchev–Trinajstić information content (AvgIpc) is 2.65. The van der Waals surface area contributed by atoms with Crippen molar-refractivity contribution in [2.45, 2.75) is 13.3 Å². The molecule has 0 bridgehead atoms. The molecule has 1 fully saturated rings. The lowest BCUT2D eigenvalue weighted by Crippen LogP contribution is -2.31. The molecule has 86 valence electrons. The summed E-state index contributed by atoms with van der Waals surface area (Å²) in [5, 5.41) is 8.80. The summed E-state index contributed by atoms with van der Waals surface area (Å²) in [5.41, 5.74) is 0. The van der Waals surface area contributed by atoms with E-state index in [0.717, 1.165) is 6.54 Å². The molecular formula is C10H17NO4. The Kier molecular flexibility index (Phi) is 4.08. The molecule has 1 aliphatic rings. The number of aliphatic carboxylic acids is 1. The van der Waals surface area contributed by atoms with Crippen molar-refractivity contribution >= 4 is 11.9 Å². The highest BCUT2D eigenvalue weighted by atomic mass is 16.5. The number of ether oxygens (including phenoxy) is 1. The van der Waals surface area contributed by atoms with Crippen LogP contribution in [0.25, 0.3) is 0 Å². The summed E-state index contributed by atoms with van der Waals surface area (Å²) in [5.74, 6) is -1.46. The van der Waals surface area contributed by atoms with Crippen LogP contribution in [-0.4, -0.2) is 48.7 Å². The Bertz CT molecular complexity index is 254. The van der Waals surface area contributed by atoms with Crippen LogP contribution >= 0.6 is 0 Å². The molecule has 0 amide bonds. The monoisotopic (exact) mass is 215 g/mol. The predicted octanol–water partition coefficient (Wildman–Crippen LogP) is 0.202. The first kappa shape index (κ1) is 12.0. The van der Waals surface area contributed by atoms with Gasteiger partial charge in [0.05, 0.1) is 18.9 Å². The zero-order chi connectivity index (χ0) is 11.4. The molecule has 0 spiro atoms. The van der Waals surface area contributed by atoms with Crippen molar-refractivity contribution in [1.29, 1.82) is 0 Å². The summed E-state index contributed by atoms with van der Waals surface area (Å²) in [6.07, 6.45) is 0.670. The first-order chi connectivity index (χ1) is 7.04. The highest BCUT2D eigenvalue weighted by Crippen LogP contribution is 2.17. The number of carboxylic acid groups (broad SMARTS) is 1. The molecule has 1 rings (SSSR count). The van der Waals surface area contributed by atoms with Gasteiger partial charge in [-0.3, -0.25) is 9.59 Å². The van der Waals surface area contributed by atoms with Gasteiger partial charge in [0.1, 0.15) is 0 Å². The molecule has 1 heterocycles. The number of rotatable bonds is 4. The van der Waals surface area contributed by atoms with E-state index >= 15 is 0 Å². The highest BCUT2D eigenvalue weighted by molar-refractivity contribution is 5.72. The maximum absolute atomic E-state index is 11.1. The number of nitrogens with zero attached hydrogens (tertiary/aromatic N) is 1. The number of methoxy groups -OCH3 is 1. The van der Waals surface area contributed by atoms with Gasteiger partial charge in [-0.05, 0) is 13.0 Å². The molecule has 5 heteroatoms. The minimum atomic E-state index is -0.747. The van der Waals surface area contributed by atoms with Crippen LogP contribution < -0.4 is 0 Å². The van der Waals surface area contributed by atoms with Crippen LogP contribution in [0.15, 0.2) is 0 Å². The van der Waals surface area contributed by atoms with Gasteiger partial charge >= 0.3 is 11.9 Å². The van der Waals surface area contributed by atoms with Gasteiger partial charge in [0.2, 0.25) is 0 Å². The van der Waals surface area contributed by atoms with Gasteiger partial charge in [-0.1, -0.05) is 6.92 Å². The number of carboxylic acids is 1. The number of hydrogen-bond acceptors (Lipinski definition) is 4. The highest BCUT2D eigenvalue weighted by Gasteiger charge is 2.29. The van der Waals surface area contributed by atoms with E-state index in [1.54, 1.807) is 6.92 Å². The first-order valence-electron chi connectivity index (χ1n) is 5.07. The zero-order valence-corrected chi connectivity index (χ0v) is 9.10. The Morgan fingerprint density at radius 1 is 1.60 bits per heavy atom. The van der Waals surface area contributed by atoms with Crippen molar-refractivity contribution in [1.82, 2.24) is 4.90 Å². The Balaban J connectivity index is 2.36. The maximum Gasteiger partial charge on any atom is 0.309 e. The summed E-state index contributed by atoms with van der Waals surface area (Å²) in [7, 11) is 1.36. The fourth-order valence-corrected chi connectivity index (χ4v) is 1.86. The van der Waals surface area contributed by atoms with E-state index in [9.17, 15) is 9.59 Å². The van der Waals surface area contributed by atoms with Gasteiger partial charge in [-0.25, -0.2) is 0 Å². The quantitative estimate of drug-likeness (QED) is 0.679. The molecule has 0 saturated carbocycles. The van der Waals surface area contributed by atoms with E-state index in [4.69, 9.17) is 5.11 Å². The molecule has 1 aliphatic heterocycles. The molecule has 0 aromatic heterocycles. The van der Waals surface area contributed by atoms with Crippen LogP contribution in [0.4, 0.5) is 0 Å². The van der Waals surface area contributed by atoms with E-state index in [2.05, 4.69) is 4.74 Å². The van der Waals surface area contributed by atoms with Crippen LogP contribution in [0, 0.1) is 11.8 Å². The molecule has 1 N–H and O–H groups in total. The second kappa shape index (κ2) is 5.11. The molecule has 0 radical (unpaired) electrons. The van der Waals surface area contributed by atoms with Crippen LogP contribution in [0.1, 0.15) is 13.3 Å². The Morgan fingerprint density at radius 2 is 2.27 bits per heavy atom. The topological polar surface area (TPSA) is 66.8 Å². The van der Waals surface area contributed by atoms with E-state index < -0.39 is 5.97 Å². The van der Waals surface area contributed by atoms with E-state index in [1.165, 1.54) is 7.11 Å². The minimum Gasteiger partial charge on any atom is -0.481 e. The van der Waals surface area contributed by atoms with Gasteiger partial charge in [-0.2, -0.15) is 0 Å². The molecule has 0 unspecified atom stereocenters. The number of carbonyl (C=O) groups is 2. The number of hydrogen-bond donors (Lipinski definition) is 1. The van der Waals surface area contributed by atoms with E-state index in [1.807, 2.05) is 4.90 Å². The molecular weight excluding hydrogens is 198 g/mol. The van der Waals surface area contributed by atoms with Crippen molar-refractivity contribution < 1.29 is 19.4 Å². The smallest absolute Gasteiger partial charge is 0.309 e. The maximum atomic E-state index is 11.1. The summed E-state index contributed by atoms with van der Waals surface area (Å²) in [4.78, 5) is 23.9. The van der Waals surface area contributed by atoms with Gasteiger partial charge in [-0.15, -0.1) is 0 Å². The van der Waals surface area contributed by atoms with Crippen molar-refractivity contribution in [3.05, 3.63) is 0 Å². The van der Waals surface area contributed by atoms with Crippen molar-refractivity contribution in [3.8, 4) is 0 Å². The van der Waals surface area contributed by atoms with Crippen molar-refractivity contribution in [2.24, 2.45) is 11.8 Å². The summed E-state index contributed by atoms with van der Waals surface area (Å²) < 4.78 is 4.61. The molecule has 0 aliphatic carbocycles. The van der Waals surface area contributed by atoms with E-state index in [0.29, 0.717) is 19.5 Å². The Labute approximate surface area is 89.0 Å². The molecule has 1 saturated heterocycles. The molecule has 0 aromatic rings. The third-order valence-electron chi connectivity index (χ3n) is 2.76. The second-order valence-electron chi connectivity index (χ2n) is 4.01. The predicted molar refractivity (Wildman–Crippen MR) is 53.4 cm³/mol. The third kappa shape index (κ3) is 3.20. The first-order valence-corrected chi connectivity index (χ1v) is 5.07. The SMILES string of the molecule is COC(=O)[C@H](C)CN1CC[C@@H](C(=O)O)C1. The largest absolute Gasteiger partial charge is 0.481 e. The van der Waals surface area contributed by atoms with Crippen LogP contribution in [0.2, 0.25) is 0 Å². The van der Waals surface area contributed by atoms with Gasteiger partial charge in [0.25, 0.3) is 0 Å². The fourth-order valence-electron chi connectivity index (χ4n) is 1.86. The van der Waals surface area contributed by atoms with Crippen LogP contribution in [0.3, 0.4) is 0 Å². The molecule has 0 aromatic carbocycles. The standard InChI is InChI=1S/C10H17NO4/c1-7(10(14)15-2)5-11-4-3-8(6-11)9(12)13/h7-8H,3-6H2,1-2H3,(H,12,13)/t7-,8-/m1/s1. The summed E-state index contributed by atoms with van der Waals surface area (Å²) in [6.45, 7) is 3.66. The van der Waals surface area contributed by atoms with Gasteiger partial charge < -0.3 is 14.7 Å². The van der Waals surface area contributed by atoms with Crippen LogP contribution in [-0.2, 0) is 14.3 Å². The van der Waals surface area contributed by atoms with Gasteiger partial charge in [0.15, 0.2) is 0 Å². The minimum absolute atomic E-state index is 0.192. The van der Waals surface area contributed by atoms with E-state index in [-0.39, 0.29) is 17.8 Å². The second-order valence-corrected chi connectivity index (χ2v) is 4.01. The van der Waals surface area contributed by atoms with Gasteiger partial charge in [0, 0.05) is 13.1 Å². The lowest BCUT2D eigenvalue weighted by Gasteiger charge is -2.18. The van der Waals surface area contributed by atoms with Crippen molar-refractivity contribution in [3.63, 3.8) is 0 Å².